The van der Waals surface area contributed by atoms with Crippen LogP contribution < -0.4 is 10.6 Å². The minimum atomic E-state index is -4.42. The molecule has 29 heavy (non-hydrogen) atoms. The second-order valence-electron chi connectivity index (χ2n) is 6.66. The summed E-state index contributed by atoms with van der Waals surface area (Å²) in [6.45, 7) is 2.69. The molecule has 1 saturated heterocycles. The lowest BCUT2D eigenvalue weighted by molar-refractivity contribution is -0.184. The van der Waals surface area contributed by atoms with Gasteiger partial charge in [-0.3, -0.25) is 9.69 Å². The molecular formula is C17H23ClF3N7O. The van der Waals surface area contributed by atoms with Gasteiger partial charge in [-0.1, -0.05) is 29.8 Å². The molecule has 0 radical (unpaired) electrons. The molecule has 1 fully saturated rings. The number of aromatic nitrogens is 4. The van der Waals surface area contributed by atoms with Gasteiger partial charge in [0.1, 0.15) is 12.6 Å². The van der Waals surface area contributed by atoms with E-state index in [0.717, 1.165) is 15.9 Å². The number of nitrogens with one attached hydrogen (secondary N) is 2. The second-order valence-corrected chi connectivity index (χ2v) is 6.66. The highest BCUT2D eigenvalue weighted by molar-refractivity contribution is 5.85. The van der Waals surface area contributed by atoms with Crippen molar-refractivity contribution in [2.24, 2.45) is 0 Å². The molecule has 8 nitrogen and oxygen atoms in total. The lowest BCUT2D eigenvalue weighted by atomic mass is 10.1. The lowest BCUT2D eigenvalue weighted by Gasteiger charge is -2.35. The Kier molecular flexibility index (Phi) is 7.94. The van der Waals surface area contributed by atoms with Crippen molar-refractivity contribution in [3.8, 4) is 11.4 Å². The molecule has 1 aliphatic rings. The van der Waals surface area contributed by atoms with Gasteiger partial charge in [0.2, 0.25) is 11.7 Å². The maximum absolute atomic E-state index is 13.3. The number of aryl methyl sites for hydroxylation is 1. The molecule has 0 spiro atoms. The summed E-state index contributed by atoms with van der Waals surface area (Å²) in [5.41, 5.74) is 1.83. The van der Waals surface area contributed by atoms with Gasteiger partial charge in [0.25, 0.3) is 0 Å². The van der Waals surface area contributed by atoms with Crippen molar-refractivity contribution in [3.05, 3.63) is 29.8 Å². The van der Waals surface area contributed by atoms with Crippen LogP contribution in [0, 0.1) is 6.92 Å². The van der Waals surface area contributed by atoms with E-state index in [1.165, 1.54) is 4.90 Å². The molecule has 1 aliphatic heterocycles. The van der Waals surface area contributed by atoms with Crippen LogP contribution in [0.5, 0.6) is 0 Å². The molecule has 2 heterocycles. The van der Waals surface area contributed by atoms with E-state index in [9.17, 15) is 18.0 Å². The molecule has 1 atom stereocenters. The predicted octanol–water partition coefficient (Wildman–Crippen LogP) is 1.02. The van der Waals surface area contributed by atoms with E-state index in [4.69, 9.17) is 0 Å². The number of tetrazole rings is 1. The molecule has 1 aromatic heterocycles. The zero-order valence-corrected chi connectivity index (χ0v) is 16.6. The molecule has 1 aromatic carbocycles. The first-order valence-electron chi connectivity index (χ1n) is 8.96. The third kappa shape index (κ3) is 6.38. The SMILES string of the molecule is Cc1ccc(-c2nnn(CC(=O)NCC(N3CCNCC3)C(F)(F)F)n2)cc1.Cl. The largest absolute Gasteiger partial charge is 0.405 e. The molecule has 0 aliphatic carbocycles. The molecule has 1 amide bonds. The van der Waals surface area contributed by atoms with Crippen LogP contribution in [0.4, 0.5) is 13.2 Å². The molecule has 1 unspecified atom stereocenters. The van der Waals surface area contributed by atoms with Gasteiger partial charge in [0.05, 0.1) is 0 Å². The Morgan fingerprint density at radius 3 is 2.52 bits per heavy atom. The molecule has 0 bridgehead atoms. The summed E-state index contributed by atoms with van der Waals surface area (Å²) in [5, 5.41) is 17.1. The highest BCUT2D eigenvalue weighted by Crippen LogP contribution is 2.24. The molecule has 12 heteroatoms. The van der Waals surface area contributed by atoms with E-state index in [2.05, 4.69) is 26.0 Å². The van der Waals surface area contributed by atoms with Crippen molar-refractivity contribution >= 4 is 18.3 Å². The van der Waals surface area contributed by atoms with E-state index in [1.807, 2.05) is 31.2 Å². The number of hydrogen-bond acceptors (Lipinski definition) is 6. The van der Waals surface area contributed by atoms with E-state index >= 15 is 0 Å². The summed E-state index contributed by atoms with van der Waals surface area (Å²) in [6, 6.07) is 5.74. The monoisotopic (exact) mass is 433 g/mol. The van der Waals surface area contributed by atoms with Crippen LogP contribution in [0.3, 0.4) is 0 Å². The zero-order chi connectivity index (χ0) is 20.1. The Balaban J connectivity index is 0.00000300. The van der Waals surface area contributed by atoms with Gasteiger partial charge < -0.3 is 10.6 Å². The van der Waals surface area contributed by atoms with Gasteiger partial charge in [-0.2, -0.15) is 18.0 Å². The van der Waals surface area contributed by atoms with Gasteiger partial charge in [-0.05, 0) is 12.1 Å². The number of benzene rings is 1. The van der Waals surface area contributed by atoms with Crippen molar-refractivity contribution in [2.75, 3.05) is 32.7 Å². The number of carbonyl (C=O) groups is 1. The Morgan fingerprint density at radius 1 is 1.24 bits per heavy atom. The molecule has 2 N–H and O–H groups in total. The van der Waals surface area contributed by atoms with E-state index in [0.29, 0.717) is 18.9 Å². The number of hydrogen-bond donors (Lipinski definition) is 2. The topological polar surface area (TPSA) is 88.0 Å². The Bertz CT molecular complexity index is 791. The van der Waals surface area contributed by atoms with E-state index in [-0.39, 0.29) is 32.0 Å². The fourth-order valence-corrected chi connectivity index (χ4v) is 2.97. The van der Waals surface area contributed by atoms with Gasteiger partial charge in [-0.15, -0.1) is 22.6 Å². The summed E-state index contributed by atoms with van der Waals surface area (Å²) < 4.78 is 40.0. The quantitative estimate of drug-likeness (QED) is 0.707. The average molecular weight is 434 g/mol. The predicted molar refractivity (Wildman–Crippen MR) is 103 cm³/mol. The van der Waals surface area contributed by atoms with Crippen molar-refractivity contribution in [1.82, 2.24) is 35.7 Å². The number of nitrogens with zero attached hydrogens (tertiary/aromatic N) is 5. The fourth-order valence-electron chi connectivity index (χ4n) is 2.97. The van der Waals surface area contributed by atoms with Crippen LogP contribution in [0.25, 0.3) is 11.4 Å². The van der Waals surface area contributed by atoms with E-state index in [1.54, 1.807) is 0 Å². The number of alkyl halides is 3. The average Bonchev–Trinajstić information content (AvgIpc) is 3.10. The number of halogens is 4. The summed E-state index contributed by atoms with van der Waals surface area (Å²) in [5.74, 6) is -0.251. The van der Waals surface area contributed by atoms with E-state index < -0.39 is 24.7 Å². The lowest BCUT2D eigenvalue weighted by Crippen LogP contribution is -2.57. The normalized spacial score (nSPS) is 16.1. The molecule has 3 rings (SSSR count). The third-order valence-electron chi connectivity index (χ3n) is 4.51. The first-order valence-corrected chi connectivity index (χ1v) is 8.96. The molecule has 2 aromatic rings. The van der Waals surface area contributed by atoms with Crippen LogP contribution >= 0.6 is 12.4 Å². The number of amides is 1. The maximum Gasteiger partial charge on any atom is 0.405 e. The van der Waals surface area contributed by atoms with Gasteiger partial charge in [-0.25, -0.2) is 0 Å². The van der Waals surface area contributed by atoms with Crippen LogP contribution in [0.2, 0.25) is 0 Å². The van der Waals surface area contributed by atoms with Crippen molar-refractivity contribution < 1.29 is 18.0 Å². The second kappa shape index (κ2) is 9.99. The smallest absolute Gasteiger partial charge is 0.353 e. The standard InChI is InChI=1S/C17H22F3N7O.ClH/c1-12-2-4-13(5-3-12)16-23-25-27(24-16)11-15(28)22-10-14(17(18,19)20)26-8-6-21-7-9-26;/h2-5,14,21H,6-11H2,1H3,(H,22,28);1H. The van der Waals surface area contributed by atoms with Crippen molar-refractivity contribution in [1.29, 1.82) is 0 Å². The molecular weight excluding hydrogens is 411 g/mol. The highest BCUT2D eigenvalue weighted by Gasteiger charge is 2.43. The number of rotatable bonds is 6. The Labute approximate surface area is 172 Å². The molecule has 160 valence electrons. The first-order chi connectivity index (χ1) is 13.3. The Morgan fingerprint density at radius 2 is 1.90 bits per heavy atom. The summed E-state index contributed by atoms with van der Waals surface area (Å²) in [6.07, 6.45) is -4.42. The van der Waals surface area contributed by atoms with Gasteiger partial charge >= 0.3 is 6.18 Å². The minimum Gasteiger partial charge on any atom is -0.353 e. The maximum atomic E-state index is 13.3. The fraction of sp³-hybridized carbons (Fsp3) is 0.529. The van der Waals surface area contributed by atoms with Crippen LogP contribution in [-0.4, -0.2) is 76.0 Å². The van der Waals surface area contributed by atoms with Crippen LogP contribution in [-0.2, 0) is 11.3 Å². The summed E-state index contributed by atoms with van der Waals surface area (Å²) in [4.78, 5) is 14.5. The summed E-state index contributed by atoms with van der Waals surface area (Å²) in [7, 11) is 0. The Hall–Kier alpha value is -2.24. The highest BCUT2D eigenvalue weighted by atomic mass is 35.5. The zero-order valence-electron chi connectivity index (χ0n) is 15.8. The third-order valence-corrected chi connectivity index (χ3v) is 4.51. The molecule has 0 saturated carbocycles. The summed E-state index contributed by atoms with van der Waals surface area (Å²) >= 11 is 0. The van der Waals surface area contributed by atoms with Crippen molar-refractivity contribution in [2.45, 2.75) is 25.7 Å². The number of piperazine rings is 1. The number of carbonyl (C=O) groups excluding carboxylic acids is 1. The van der Waals surface area contributed by atoms with Crippen LogP contribution in [0.1, 0.15) is 5.56 Å². The first kappa shape index (κ1) is 23.0. The minimum absolute atomic E-state index is 0. The van der Waals surface area contributed by atoms with Gasteiger partial charge in [0.15, 0.2) is 0 Å². The van der Waals surface area contributed by atoms with Crippen molar-refractivity contribution in [3.63, 3.8) is 0 Å². The van der Waals surface area contributed by atoms with Gasteiger partial charge in [0, 0.05) is 38.3 Å². The van der Waals surface area contributed by atoms with Crippen LogP contribution in [0.15, 0.2) is 24.3 Å².